The zero-order chi connectivity index (χ0) is 15.8. The zero-order valence-corrected chi connectivity index (χ0v) is 17.1. The summed E-state index contributed by atoms with van der Waals surface area (Å²) in [5.74, 6) is 1.30. The predicted molar refractivity (Wildman–Crippen MR) is 98.4 cm³/mol. The third kappa shape index (κ3) is 3.65. The number of imidazole rings is 1. The number of carbonyl (C=O) groups excluding carboxylic acids is 1. The van der Waals surface area contributed by atoms with Crippen LogP contribution >= 0.6 is 45.2 Å². The number of hydrogen-bond acceptors (Lipinski definition) is 3. The Morgan fingerprint density at radius 1 is 1.43 bits per heavy atom. The van der Waals surface area contributed by atoms with Crippen molar-refractivity contribution in [1.82, 2.24) is 14.6 Å². The molecule has 1 aliphatic carbocycles. The summed E-state index contributed by atoms with van der Waals surface area (Å²) >= 11 is 4.38. The SMILES string of the molecule is CCN(C(=O)On1c(C2CCC2)nc(I)c1I)C(C)(C)C. The molecule has 0 aliphatic heterocycles. The molecule has 1 amide bonds. The van der Waals surface area contributed by atoms with Gasteiger partial charge in [-0.05, 0) is 85.7 Å². The topological polar surface area (TPSA) is 47.4 Å². The first-order valence-corrected chi connectivity index (χ1v) is 9.35. The minimum Gasteiger partial charge on any atom is -0.315 e. The summed E-state index contributed by atoms with van der Waals surface area (Å²) < 4.78 is 3.39. The van der Waals surface area contributed by atoms with Crippen molar-refractivity contribution in [1.29, 1.82) is 0 Å². The van der Waals surface area contributed by atoms with Gasteiger partial charge in [-0.25, -0.2) is 9.78 Å². The van der Waals surface area contributed by atoms with E-state index in [1.165, 1.54) is 6.42 Å². The van der Waals surface area contributed by atoms with E-state index in [-0.39, 0.29) is 11.6 Å². The van der Waals surface area contributed by atoms with Crippen LogP contribution < -0.4 is 4.84 Å². The summed E-state index contributed by atoms with van der Waals surface area (Å²) in [7, 11) is 0. The van der Waals surface area contributed by atoms with Crippen LogP contribution in [-0.2, 0) is 0 Å². The van der Waals surface area contributed by atoms with Crippen molar-refractivity contribution in [3.05, 3.63) is 13.2 Å². The second kappa shape index (κ2) is 6.59. The number of aromatic nitrogens is 2. The monoisotopic (exact) mass is 517 g/mol. The Morgan fingerprint density at radius 2 is 2.05 bits per heavy atom. The van der Waals surface area contributed by atoms with Crippen molar-refractivity contribution in [3.8, 4) is 0 Å². The van der Waals surface area contributed by atoms with Gasteiger partial charge in [0.15, 0.2) is 9.53 Å². The Hall–Kier alpha value is -0.0600. The van der Waals surface area contributed by atoms with Crippen molar-refractivity contribution < 1.29 is 9.63 Å². The Morgan fingerprint density at radius 3 is 2.48 bits per heavy atom. The lowest BCUT2D eigenvalue weighted by atomic mass is 9.85. The molecule has 0 N–H and O–H groups in total. The van der Waals surface area contributed by atoms with Crippen LogP contribution in [0, 0.1) is 7.40 Å². The third-order valence-electron chi connectivity index (χ3n) is 3.76. The van der Waals surface area contributed by atoms with Crippen LogP contribution in [0.25, 0.3) is 0 Å². The fourth-order valence-electron chi connectivity index (χ4n) is 2.39. The number of halogens is 2. The van der Waals surface area contributed by atoms with Crippen molar-refractivity contribution >= 4 is 51.3 Å². The summed E-state index contributed by atoms with van der Waals surface area (Å²) in [6.07, 6.45) is 3.15. The van der Waals surface area contributed by atoms with Gasteiger partial charge >= 0.3 is 6.09 Å². The molecule has 1 fully saturated rings. The van der Waals surface area contributed by atoms with Crippen molar-refractivity contribution in [2.45, 2.75) is 58.4 Å². The lowest BCUT2D eigenvalue weighted by Gasteiger charge is -2.34. The summed E-state index contributed by atoms with van der Waals surface area (Å²) in [6, 6.07) is 0. The maximum Gasteiger partial charge on any atom is 0.435 e. The first kappa shape index (κ1) is 17.3. The Kier molecular flexibility index (Phi) is 5.43. The molecule has 118 valence electrons. The molecule has 0 atom stereocenters. The summed E-state index contributed by atoms with van der Waals surface area (Å²) in [5, 5.41) is 0. The molecule has 0 bridgehead atoms. The minimum atomic E-state index is -0.322. The number of hydrogen-bond donors (Lipinski definition) is 0. The van der Waals surface area contributed by atoms with E-state index in [2.05, 4.69) is 50.2 Å². The van der Waals surface area contributed by atoms with E-state index in [9.17, 15) is 4.79 Å². The van der Waals surface area contributed by atoms with Gasteiger partial charge in [0.05, 0.1) is 0 Å². The maximum absolute atomic E-state index is 12.5. The summed E-state index contributed by atoms with van der Waals surface area (Å²) in [6.45, 7) is 8.60. The largest absolute Gasteiger partial charge is 0.435 e. The smallest absolute Gasteiger partial charge is 0.315 e. The molecule has 0 radical (unpaired) electrons. The van der Waals surface area contributed by atoms with E-state index in [1.54, 1.807) is 9.63 Å². The van der Waals surface area contributed by atoms with Crippen LogP contribution in [-0.4, -0.2) is 32.8 Å². The van der Waals surface area contributed by atoms with E-state index in [4.69, 9.17) is 4.84 Å². The van der Waals surface area contributed by atoms with E-state index in [0.717, 1.165) is 26.1 Å². The summed E-state index contributed by atoms with van der Waals surface area (Å²) in [4.78, 5) is 24.4. The number of carbonyl (C=O) groups is 1. The van der Waals surface area contributed by atoms with Crippen molar-refractivity contribution in [2.75, 3.05) is 6.54 Å². The predicted octanol–water partition coefficient (Wildman–Crippen LogP) is 4.03. The average Bonchev–Trinajstić information content (AvgIpc) is 2.54. The lowest BCUT2D eigenvalue weighted by Crippen LogP contribution is -2.48. The van der Waals surface area contributed by atoms with Crippen LogP contribution in [0.3, 0.4) is 0 Å². The van der Waals surface area contributed by atoms with Gasteiger partial charge in [-0.2, -0.15) is 0 Å². The lowest BCUT2D eigenvalue weighted by molar-refractivity contribution is 0.0564. The van der Waals surface area contributed by atoms with Crippen LogP contribution in [0.1, 0.15) is 58.7 Å². The quantitative estimate of drug-likeness (QED) is 0.570. The summed E-state index contributed by atoms with van der Waals surface area (Å²) in [5.41, 5.74) is -0.262. The number of amides is 1. The van der Waals surface area contributed by atoms with Crippen LogP contribution in [0.5, 0.6) is 0 Å². The highest BCUT2D eigenvalue weighted by Crippen LogP contribution is 2.36. The molecular weight excluding hydrogens is 496 g/mol. The van der Waals surface area contributed by atoms with Gasteiger partial charge in [0.1, 0.15) is 3.70 Å². The number of rotatable bonds is 3. The van der Waals surface area contributed by atoms with Crippen LogP contribution in [0.2, 0.25) is 0 Å². The van der Waals surface area contributed by atoms with E-state index < -0.39 is 0 Å². The fourth-order valence-corrected chi connectivity index (χ4v) is 3.32. The van der Waals surface area contributed by atoms with E-state index >= 15 is 0 Å². The molecule has 1 aromatic heterocycles. The van der Waals surface area contributed by atoms with Crippen LogP contribution in [0.4, 0.5) is 4.79 Å². The minimum absolute atomic E-state index is 0.262. The molecular formula is C14H21I2N3O2. The second-order valence-corrected chi connectivity index (χ2v) is 8.29. The van der Waals surface area contributed by atoms with Gasteiger partial charge in [-0.1, -0.05) is 6.42 Å². The van der Waals surface area contributed by atoms with Crippen LogP contribution in [0.15, 0.2) is 0 Å². The Bertz CT molecular complexity index is 533. The van der Waals surface area contributed by atoms with Gasteiger partial charge in [0, 0.05) is 18.0 Å². The molecule has 7 heteroatoms. The van der Waals surface area contributed by atoms with Gasteiger partial charge in [0.2, 0.25) is 0 Å². The normalized spacial score (nSPS) is 15.7. The molecule has 21 heavy (non-hydrogen) atoms. The maximum atomic E-state index is 12.5. The van der Waals surface area contributed by atoms with Gasteiger partial charge < -0.3 is 9.74 Å². The van der Waals surface area contributed by atoms with Crippen molar-refractivity contribution in [2.24, 2.45) is 0 Å². The van der Waals surface area contributed by atoms with E-state index in [0.29, 0.717) is 12.5 Å². The molecule has 5 nitrogen and oxygen atoms in total. The molecule has 1 heterocycles. The molecule has 1 aliphatic rings. The second-order valence-electron chi connectivity index (χ2n) is 6.25. The van der Waals surface area contributed by atoms with Gasteiger partial charge in [-0.15, -0.1) is 4.73 Å². The first-order chi connectivity index (χ1) is 9.75. The highest BCUT2D eigenvalue weighted by Gasteiger charge is 2.32. The Labute approximate surface area is 153 Å². The molecule has 1 aromatic rings. The highest BCUT2D eigenvalue weighted by molar-refractivity contribution is 14.1. The zero-order valence-electron chi connectivity index (χ0n) is 12.8. The highest BCUT2D eigenvalue weighted by atomic mass is 127. The Balaban J connectivity index is 2.24. The molecule has 1 saturated carbocycles. The number of nitrogens with zero attached hydrogens (tertiary/aromatic N) is 3. The van der Waals surface area contributed by atoms with Crippen molar-refractivity contribution in [3.63, 3.8) is 0 Å². The van der Waals surface area contributed by atoms with E-state index in [1.807, 2.05) is 27.7 Å². The molecule has 0 unspecified atom stereocenters. The fraction of sp³-hybridized carbons (Fsp3) is 0.714. The van der Waals surface area contributed by atoms with Gasteiger partial charge in [-0.3, -0.25) is 0 Å². The molecule has 2 rings (SSSR count). The van der Waals surface area contributed by atoms with Gasteiger partial charge in [0.25, 0.3) is 0 Å². The molecule has 0 aromatic carbocycles. The third-order valence-corrected chi connectivity index (χ3v) is 6.49. The molecule has 0 spiro atoms. The average molecular weight is 517 g/mol. The molecule has 0 saturated heterocycles. The first-order valence-electron chi connectivity index (χ1n) is 7.19. The standard InChI is InChI=1S/C14H21I2N3O2/c1-5-18(14(2,3)4)13(20)21-19-11(16)10(15)17-12(19)9-7-6-8-9/h9H,5-8H2,1-4H3.